The SMILES string of the molecule is O=C1CS/C(=N/N=C\c2c3ccccc3cc3ccccc23)N1. The summed E-state index contributed by atoms with van der Waals surface area (Å²) in [5.41, 5.74) is 1.04. The number of nitrogens with one attached hydrogen (secondary N) is 1. The van der Waals surface area contributed by atoms with Crippen LogP contribution in [0, 0.1) is 0 Å². The number of carbonyl (C=O) groups excluding carboxylic acids is 1. The minimum atomic E-state index is -0.0282. The van der Waals surface area contributed by atoms with Gasteiger partial charge in [-0.2, -0.15) is 5.10 Å². The molecular weight excluding hydrogens is 306 g/mol. The lowest BCUT2D eigenvalue weighted by Gasteiger charge is -2.07. The van der Waals surface area contributed by atoms with Crippen LogP contribution in [0.4, 0.5) is 0 Å². The summed E-state index contributed by atoms with van der Waals surface area (Å²) in [5, 5.41) is 16.1. The van der Waals surface area contributed by atoms with Crippen molar-refractivity contribution in [2.24, 2.45) is 10.2 Å². The van der Waals surface area contributed by atoms with E-state index in [1.54, 1.807) is 6.21 Å². The highest BCUT2D eigenvalue weighted by molar-refractivity contribution is 8.15. The van der Waals surface area contributed by atoms with E-state index in [0.717, 1.165) is 16.3 Å². The molecule has 1 aliphatic rings. The van der Waals surface area contributed by atoms with E-state index in [1.807, 2.05) is 24.3 Å². The van der Waals surface area contributed by atoms with Gasteiger partial charge in [0.25, 0.3) is 0 Å². The van der Waals surface area contributed by atoms with E-state index >= 15 is 0 Å². The van der Waals surface area contributed by atoms with Crippen LogP contribution in [0.1, 0.15) is 5.56 Å². The number of rotatable bonds is 2. The Hall–Kier alpha value is -2.66. The van der Waals surface area contributed by atoms with Crippen molar-refractivity contribution in [3.63, 3.8) is 0 Å². The minimum Gasteiger partial charge on any atom is -0.303 e. The summed E-state index contributed by atoms with van der Waals surface area (Å²) < 4.78 is 0. The highest BCUT2D eigenvalue weighted by Gasteiger charge is 2.16. The summed E-state index contributed by atoms with van der Waals surface area (Å²) in [5.74, 6) is 0.380. The molecule has 0 bridgehead atoms. The predicted molar refractivity (Wildman–Crippen MR) is 97.1 cm³/mol. The van der Waals surface area contributed by atoms with E-state index in [0.29, 0.717) is 10.9 Å². The quantitative estimate of drug-likeness (QED) is 0.446. The lowest BCUT2D eigenvalue weighted by molar-refractivity contribution is -0.116. The molecule has 4 nitrogen and oxygen atoms in total. The van der Waals surface area contributed by atoms with Crippen molar-refractivity contribution in [1.82, 2.24) is 5.32 Å². The second-order valence-corrected chi connectivity index (χ2v) is 6.18. The molecule has 23 heavy (non-hydrogen) atoms. The second-order valence-electron chi connectivity index (χ2n) is 5.22. The maximum atomic E-state index is 11.2. The van der Waals surface area contributed by atoms with Crippen LogP contribution >= 0.6 is 11.8 Å². The molecule has 0 unspecified atom stereocenters. The van der Waals surface area contributed by atoms with E-state index in [2.05, 4.69) is 45.9 Å². The Morgan fingerprint density at radius 3 is 2.26 bits per heavy atom. The molecule has 1 saturated heterocycles. The number of carbonyl (C=O) groups is 1. The van der Waals surface area contributed by atoms with Gasteiger partial charge in [-0.25, -0.2) is 0 Å². The number of hydrogen-bond acceptors (Lipinski definition) is 4. The molecule has 0 radical (unpaired) electrons. The van der Waals surface area contributed by atoms with Gasteiger partial charge in [0.1, 0.15) is 0 Å². The van der Waals surface area contributed by atoms with Gasteiger partial charge >= 0.3 is 0 Å². The standard InChI is InChI=1S/C18H13N3OS/c22-17-11-23-18(20-17)21-19-10-16-14-7-3-1-5-12(14)9-13-6-2-4-8-15(13)16/h1-10H,11H2,(H,20,21,22)/b19-10-. The van der Waals surface area contributed by atoms with Crippen LogP contribution in [0.5, 0.6) is 0 Å². The lowest BCUT2D eigenvalue weighted by atomic mass is 9.97. The van der Waals surface area contributed by atoms with Crippen LogP contribution in [-0.2, 0) is 4.79 Å². The zero-order valence-electron chi connectivity index (χ0n) is 12.2. The molecule has 1 amide bonds. The number of hydrogen-bond donors (Lipinski definition) is 1. The van der Waals surface area contributed by atoms with Crippen molar-refractivity contribution in [2.75, 3.05) is 5.75 Å². The zero-order valence-corrected chi connectivity index (χ0v) is 13.0. The minimum absolute atomic E-state index is 0.0282. The third-order valence-electron chi connectivity index (χ3n) is 3.73. The van der Waals surface area contributed by atoms with E-state index in [-0.39, 0.29) is 5.91 Å². The summed E-state index contributed by atoms with van der Waals surface area (Å²) >= 11 is 1.37. The van der Waals surface area contributed by atoms with Gasteiger partial charge in [0.2, 0.25) is 5.91 Å². The highest BCUT2D eigenvalue weighted by Crippen LogP contribution is 2.27. The van der Waals surface area contributed by atoms with Crippen molar-refractivity contribution in [2.45, 2.75) is 0 Å². The number of nitrogens with zero attached hydrogens (tertiary/aromatic N) is 2. The largest absolute Gasteiger partial charge is 0.303 e. The Bertz CT molecular complexity index is 924. The van der Waals surface area contributed by atoms with E-state index in [4.69, 9.17) is 0 Å². The van der Waals surface area contributed by atoms with Crippen molar-refractivity contribution in [3.8, 4) is 0 Å². The predicted octanol–water partition coefficient (Wildman–Crippen LogP) is 3.55. The van der Waals surface area contributed by atoms with Gasteiger partial charge < -0.3 is 5.32 Å². The monoisotopic (exact) mass is 319 g/mol. The summed E-state index contributed by atoms with van der Waals surface area (Å²) in [6, 6.07) is 18.6. The van der Waals surface area contributed by atoms with Crippen LogP contribution < -0.4 is 5.32 Å². The van der Waals surface area contributed by atoms with Crippen LogP contribution in [0.3, 0.4) is 0 Å². The summed E-state index contributed by atoms with van der Waals surface area (Å²) in [6.45, 7) is 0. The van der Waals surface area contributed by atoms with E-state index in [1.165, 1.54) is 22.5 Å². The van der Waals surface area contributed by atoms with E-state index in [9.17, 15) is 4.79 Å². The normalized spacial score (nSPS) is 16.7. The molecule has 112 valence electrons. The summed E-state index contributed by atoms with van der Waals surface area (Å²) in [6.07, 6.45) is 1.77. The lowest BCUT2D eigenvalue weighted by Crippen LogP contribution is -2.19. The van der Waals surface area contributed by atoms with Gasteiger partial charge in [0, 0.05) is 5.56 Å². The highest BCUT2D eigenvalue weighted by atomic mass is 32.2. The molecule has 0 aliphatic carbocycles. The topological polar surface area (TPSA) is 53.8 Å². The maximum Gasteiger partial charge on any atom is 0.236 e. The molecule has 1 heterocycles. The van der Waals surface area contributed by atoms with Gasteiger partial charge in [0.05, 0.1) is 12.0 Å². The molecule has 5 heteroatoms. The summed E-state index contributed by atoms with van der Waals surface area (Å²) in [4.78, 5) is 11.2. The van der Waals surface area contributed by atoms with Crippen molar-refractivity contribution in [3.05, 3.63) is 60.2 Å². The first kappa shape index (κ1) is 14.0. The van der Waals surface area contributed by atoms with Crippen LogP contribution in [0.2, 0.25) is 0 Å². The molecular formula is C18H13N3OS. The molecule has 4 rings (SSSR count). The number of benzene rings is 3. The van der Waals surface area contributed by atoms with Crippen molar-refractivity contribution < 1.29 is 4.79 Å². The van der Waals surface area contributed by atoms with Gasteiger partial charge in [-0.3, -0.25) is 4.79 Å². The first-order chi connectivity index (χ1) is 11.3. The molecule has 0 atom stereocenters. The Morgan fingerprint density at radius 2 is 1.65 bits per heavy atom. The van der Waals surface area contributed by atoms with Gasteiger partial charge in [0.15, 0.2) is 5.17 Å². The zero-order chi connectivity index (χ0) is 15.6. The maximum absolute atomic E-state index is 11.2. The second kappa shape index (κ2) is 5.85. The Labute approximate surface area is 137 Å². The molecule has 3 aromatic rings. The third kappa shape index (κ3) is 2.71. The Kier molecular flexibility index (Phi) is 3.55. The van der Waals surface area contributed by atoms with Gasteiger partial charge in [-0.1, -0.05) is 60.3 Å². The molecule has 3 aromatic carbocycles. The van der Waals surface area contributed by atoms with Crippen LogP contribution in [-0.4, -0.2) is 23.0 Å². The first-order valence-electron chi connectivity index (χ1n) is 7.25. The number of amides is 1. The molecule has 1 N–H and O–H groups in total. The Balaban J connectivity index is 1.84. The van der Waals surface area contributed by atoms with Crippen molar-refractivity contribution >= 4 is 50.6 Å². The molecule has 1 aliphatic heterocycles. The average Bonchev–Trinajstić information content (AvgIpc) is 2.99. The fraction of sp³-hybridized carbons (Fsp3) is 0.0556. The number of fused-ring (bicyclic) bond motifs is 2. The smallest absolute Gasteiger partial charge is 0.236 e. The molecule has 0 aromatic heterocycles. The van der Waals surface area contributed by atoms with Gasteiger partial charge in [-0.15, -0.1) is 5.10 Å². The van der Waals surface area contributed by atoms with Crippen LogP contribution in [0.15, 0.2) is 64.8 Å². The van der Waals surface area contributed by atoms with Gasteiger partial charge in [-0.05, 0) is 27.6 Å². The average molecular weight is 319 g/mol. The third-order valence-corrected chi connectivity index (χ3v) is 4.60. The van der Waals surface area contributed by atoms with E-state index < -0.39 is 0 Å². The molecule has 1 fully saturated rings. The van der Waals surface area contributed by atoms with Crippen LogP contribution in [0.25, 0.3) is 21.5 Å². The molecule has 0 saturated carbocycles. The fourth-order valence-corrected chi connectivity index (χ4v) is 3.34. The Morgan fingerprint density at radius 1 is 1.00 bits per heavy atom. The summed E-state index contributed by atoms with van der Waals surface area (Å²) in [7, 11) is 0. The van der Waals surface area contributed by atoms with Crippen molar-refractivity contribution in [1.29, 1.82) is 0 Å². The number of amidine groups is 1. The number of thioether (sulfide) groups is 1. The first-order valence-corrected chi connectivity index (χ1v) is 8.24. The molecule has 0 spiro atoms. The fourth-order valence-electron chi connectivity index (χ4n) is 2.71.